The van der Waals surface area contributed by atoms with E-state index in [2.05, 4.69) is 0 Å². The van der Waals surface area contributed by atoms with Crippen molar-refractivity contribution in [1.29, 1.82) is 0 Å². The fourth-order valence-corrected chi connectivity index (χ4v) is 3.30. The summed E-state index contributed by atoms with van der Waals surface area (Å²) in [6.45, 7) is 4.36. The number of carboxylic acids is 1. The number of hydrogen-bond acceptors (Lipinski definition) is 4. The number of halogens is 3. The van der Waals surface area contributed by atoms with Crippen molar-refractivity contribution in [3.63, 3.8) is 0 Å². The van der Waals surface area contributed by atoms with E-state index in [4.69, 9.17) is 4.74 Å². The predicted molar refractivity (Wildman–Crippen MR) is 94.7 cm³/mol. The minimum absolute atomic E-state index is 0.0191. The van der Waals surface area contributed by atoms with Crippen molar-refractivity contribution in [3.8, 4) is 0 Å². The van der Waals surface area contributed by atoms with Crippen molar-refractivity contribution in [2.45, 2.75) is 44.9 Å². The number of ether oxygens (including phenoxy) is 1. The highest BCUT2D eigenvalue weighted by Crippen LogP contribution is 2.38. The van der Waals surface area contributed by atoms with Crippen LogP contribution in [0.3, 0.4) is 0 Å². The average molecular weight is 417 g/mol. The van der Waals surface area contributed by atoms with Crippen molar-refractivity contribution in [3.05, 3.63) is 34.9 Å². The van der Waals surface area contributed by atoms with Gasteiger partial charge in [0, 0.05) is 19.0 Å². The summed E-state index contributed by atoms with van der Waals surface area (Å²) in [6.07, 6.45) is -6.02. The number of nitrogens with zero attached hydrogens (tertiary/aromatic N) is 1. The molecule has 1 fully saturated rings. The fraction of sp³-hybridized carbons (Fsp3) is 0.526. The molecule has 1 aromatic carbocycles. The van der Waals surface area contributed by atoms with E-state index in [0.29, 0.717) is 6.07 Å². The zero-order valence-corrected chi connectivity index (χ0v) is 16.1. The number of likely N-dealkylation sites (tertiary alicyclic amines) is 1. The maximum absolute atomic E-state index is 13.2. The Kier molecular flexibility index (Phi) is 6.15. The van der Waals surface area contributed by atoms with Crippen LogP contribution in [0, 0.1) is 5.92 Å². The average Bonchev–Trinajstić information content (AvgIpc) is 2.58. The third-order valence-corrected chi connectivity index (χ3v) is 4.60. The number of amides is 1. The molecule has 160 valence electrons. The van der Waals surface area contributed by atoms with E-state index >= 15 is 0 Å². The number of aliphatic carboxylic acids is 1. The highest BCUT2D eigenvalue weighted by Gasteiger charge is 2.40. The summed E-state index contributed by atoms with van der Waals surface area (Å²) in [4.78, 5) is 36.6. The summed E-state index contributed by atoms with van der Waals surface area (Å²) in [5.41, 5.74) is -2.47. The molecular formula is C19H22F3NO6. The number of piperidine rings is 1. The van der Waals surface area contributed by atoms with E-state index in [0.717, 1.165) is 17.0 Å². The molecule has 2 N–H and O–H groups in total. The number of carboxylic acid groups (broad SMARTS) is 2. The van der Waals surface area contributed by atoms with Crippen LogP contribution >= 0.6 is 0 Å². The van der Waals surface area contributed by atoms with E-state index in [1.807, 2.05) is 0 Å². The first-order valence-electron chi connectivity index (χ1n) is 8.86. The van der Waals surface area contributed by atoms with Gasteiger partial charge in [0.25, 0.3) is 0 Å². The van der Waals surface area contributed by atoms with Gasteiger partial charge in [-0.3, -0.25) is 4.79 Å². The van der Waals surface area contributed by atoms with Gasteiger partial charge in [-0.1, -0.05) is 6.07 Å². The second-order valence-electron chi connectivity index (χ2n) is 7.87. The number of rotatable bonds is 3. The Balaban J connectivity index is 2.59. The fourth-order valence-electron chi connectivity index (χ4n) is 3.30. The normalized spacial score (nSPS) is 20.3. The molecule has 0 aliphatic carbocycles. The summed E-state index contributed by atoms with van der Waals surface area (Å²) in [5.74, 6) is -4.30. The molecule has 2 rings (SSSR count). The Morgan fingerprint density at radius 1 is 1.14 bits per heavy atom. The number of benzene rings is 1. The van der Waals surface area contributed by atoms with Crippen molar-refractivity contribution in [1.82, 2.24) is 4.90 Å². The zero-order valence-electron chi connectivity index (χ0n) is 16.1. The first-order valence-corrected chi connectivity index (χ1v) is 8.86. The first kappa shape index (κ1) is 22.5. The van der Waals surface area contributed by atoms with Crippen LogP contribution in [0.4, 0.5) is 18.0 Å². The standard InChI is InChI=1S/C19H22F3NO6/c1-18(2,3)29-16(26)13-8-10(19(20,21)22)4-5-11(13)14-9-23(17(27)28)7-6-12(14)15(24)25/h4-5,8,12,14H,6-7,9H2,1-3H3,(H,24,25)(H,27,28). The number of alkyl halides is 3. The van der Waals surface area contributed by atoms with Crippen LogP contribution in [-0.2, 0) is 15.7 Å². The van der Waals surface area contributed by atoms with Crippen LogP contribution in [0.1, 0.15) is 54.6 Å². The molecule has 1 saturated heterocycles. The van der Waals surface area contributed by atoms with Crippen LogP contribution in [-0.4, -0.2) is 51.8 Å². The van der Waals surface area contributed by atoms with Gasteiger partial charge in [-0.05, 0) is 44.9 Å². The van der Waals surface area contributed by atoms with Gasteiger partial charge in [0.15, 0.2) is 0 Å². The number of carbonyl (C=O) groups excluding carboxylic acids is 1. The predicted octanol–water partition coefficient (Wildman–Crippen LogP) is 3.83. The van der Waals surface area contributed by atoms with Crippen LogP contribution in [0.15, 0.2) is 18.2 Å². The molecule has 2 unspecified atom stereocenters. The quantitative estimate of drug-likeness (QED) is 0.725. The van der Waals surface area contributed by atoms with Crippen molar-refractivity contribution >= 4 is 18.0 Å². The lowest BCUT2D eigenvalue weighted by molar-refractivity contribution is -0.144. The molecule has 0 saturated carbocycles. The second-order valence-corrected chi connectivity index (χ2v) is 7.87. The molecule has 1 amide bonds. The van der Waals surface area contributed by atoms with E-state index in [9.17, 15) is 37.8 Å². The van der Waals surface area contributed by atoms with Gasteiger partial charge in [0.1, 0.15) is 5.60 Å². The largest absolute Gasteiger partial charge is 0.481 e. The Labute approximate surface area is 165 Å². The second kappa shape index (κ2) is 7.92. The van der Waals surface area contributed by atoms with Gasteiger partial charge in [-0.2, -0.15) is 13.2 Å². The lowest BCUT2D eigenvalue weighted by Crippen LogP contribution is -2.44. The Morgan fingerprint density at radius 3 is 2.24 bits per heavy atom. The monoisotopic (exact) mass is 417 g/mol. The van der Waals surface area contributed by atoms with Gasteiger partial charge in [0.2, 0.25) is 0 Å². The SMILES string of the molecule is CC(C)(C)OC(=O)c1cc(C(F)(F)F)ccc1C1CN(C(=O)O)CCC1C(=O)O. The molecule has 0 aromatic heterocycles. The summed E-state index contributed by atoms with van der Waals surface area (Å²) >= 11 is 0. The Hall–Kier alpha value is -2.78. The molecule has 0 radical (unpaired) electrons. The van der Waals surface area contributed by atoms with Crippen LogP contribution < -0.4 is 0 Å². The first-order chi connectivity index (χ1) is 13.2. The van der Waals surface area contributed by atoms with Gasteiger partial charge >= 0.3 is 24.2 Å². The minimum atomic E-state index is -4.72. The van der Waals surface area contributed by atoms with Gasteiger partial charge in [-0.15, -0.1) is 0 Å². The molecule has 2 atom stereocenters. The number of hydrogen-bond donors (Lipinski definition) is 2. The topological polar surface area (TPSA) is 104 Å². The van der Waals surface area contributed by atoms with Crippen LogP contribution in [0.25, 0.3) is 0 Å². The Morgan fingerprint density at radius 2 is 1.76 bits per heavy atom. The molecule has 0 spiro atoms. The molecule has 1 aromatic rings. The Bertz CT molecular complexity index is 815. The van der Waals surface area contributed by atoms with Crippen molar-refractivity contribution in [2.24, 2.45) is 5.92 Å². The van der Waals surface area contributed by atoms with Gasteiger partial charge in [0.05, 0.1) is 17.0 Å². The van der Waals surface area contributed by atoms with E-state index in [1.54, 1.807) is 20.8 Å². The minimum Gasteiger partial charge on any atom is -0.481 e. The molecular weight excluding hydrogens is 395 g/mol. The summed E-state index contributed by atoms with van der Waals surface area (Å²) in [6, 6.07) is 2.41. The molecule has 1 heterocycles. The summed E-state index contributed by atoms with van der Waals surface area (Å²) < 4.78 is 44.8. The molecule has 0 bridgehead atoms. The third-order valence-electron chi connectivity index (χ3n) is 4.60. The zero-order chi connectivity index (χ0) is 22.1. The maximum atomic E-state index is 13.2. The smallest absolute Gasteiger partial charge is 0.416 e. The summed E-state index contributed by atoms with van der Waals surface area (Å²) in [5, 5.41) is 18.8. The van der Waals surface area contributed by atoms with Gasteiger partial charge < -0.3 is 19.8 Å². The summed E-state index contributed by atoms with van der Waals surface area (Å²) in [7, 11) is 0. The highest BCUT2D eigenvalue weighted by atomic mass is 19.4. The van der Waals surface area contributed by atoms with E-state index in [-0.39, 0.29) is 25.1 Å². The van der Waals surface area contributed by atoms with Gasteiger partial charge in [-0.25, -0.2) is 9.59 Å². The van der Waals surface area contributed by atoms with Crippen LogP contribution in [0.5, 0.6) is 0 Å². The van der Waals surface area contributed by atoms with Crippen molar-refractivity contribution in [2.75, 3.05) is 13.1 Å². The lowest BCUT2D eigenvalue weighted by Gasteiger charge is -2.36. The molecule has 1 aliphatic rings. The molecule has 1 aliphatic heterocycles. The maximum Gasteiger partial charge on any atom is 0.416 e. The van der Waals surface area contributed by atoms with Crippen LogP contribution in [0.2, 0.25) is 0 Å². The van der Waals surface area contributed by atoms with Crippen molar-refractivity contribution < 1.29 is 42.5 Å². The molecule has 29 heavy (non-hydrogen) atoms. The number of carbonyl (C=O) groups is 3. The lowest BCUT2D eigenvalue weighted by atomic mass is 9.78. The highest BCUT2D eigenvalue weighted by molar-refractivity contribution is 5.92. The van der Waals surface area contributed by atoms with E-state index in [1.165, 1.54) is 0 Å². The molecule has 7 nitrogen and oxygen atoms in total. The van der Waals surface area contributed by atoms with E-state index < -0.39 is 52.8 Å². The number of esters is 1. The third kappa shape index (κ3) is 5.39. The molecule has 10 heteroatoms.